The lowest BCUT2D eigenvalue weighted by Crippen LogP contribution is -2.20. The number of ether oxygens (including phenoxy) is 2. The van der Waals surface area contributed by atoms with E-state index in [0.29, 0.717) is 17.9 Å². The van der Waals surface area contributed by atoms with E-state index in [1.54, 1.807) is 6.07 Å². The van der Waals surface area contributed by atoms with E-state index < -0.39 is 12.5 Å². The number of halogens is 3. The number of rotatable bonds is 8. The second-order valence-corrected chi connectivity index (χ2v) is 6.54. The van der Waals surface area contributed by atoms with Crippen molar-refractivity contribution in [3.8, 4) is 11.5 Å². The van der Waals surface area contributed by atoms with E-state index in [1.165, 1.54) is 18.2 Å². The molecule has 1 N–H and O–H groups in total. The highest BCUT2D eigenvalue weighted by atomic mass is 35.5. The van der Waals surface area contributed by atoms with Gasteiger partial charge in [0.15, 0.2) is 6.61 Å². The summed E-state index contributed by atoms with van der Waals surface area (Å²) >= 11 is 5.89. The molecule has 0 aromatic heterocycles. The lowest BCUT2D eigenvalue weighted by molar-refractivity contribution is -0.118. The van der Waals surface area contributed by atoms with Gasteiger partial charge in [-0.05, 0) is 35.4 Å². The number of carbonyl (C=O) groups is 1. The minimum Gasteiger partial charge on any atom is -0.483 e. The van der Waals surface area contributed by atoms with Gasteiger partial charge in [-0.1, -0.05) is 60.1 Å². The van der Waals surface area contributed by atoms with Crippen LogP contribution in [0.25, 0.3) is 0 Å². The van der Waals surface area contributed by atoms with Gasteiger partial charge in [0.2, 0.25) is 0 Å². The molecule has 0 saturated heterocycles. The summed E-state index contributed by atoms with van der Waals surface area (Å²) in [6.45, 7) is -3.18. The Morgan fingerprint density at radius 3 is 2.41 bits per heavy atom. The number of alkyl halides is 2. The highest BCUT2D eigenvalue weighted by molar-refractivity contribution is 6.32. The first kappa shape index (κ1) is 20.6. The average Bonchev–Trinajstić information content (AvgIpc) is 2.70. The van der Waals surface area contributed by atoms with Crippen LogP contribution in [-0.2, 0) is 11.2 Å². The number of nitrogens with one attached hydrogen (secondary N) is 1. The van der Waals surface area contributed by atoms with Gasteiger partial charge < -0.3 is 14.8 Å². The molecule has 3 rings (SSSR count). The lowest BCUT2D eigenvalue weighted by Gasteiger charge is -2.12. The molecule has 1 amide bonds. The minimum atomic E-state index is -2.97. The number of anilines is 1. The maximum atomic E-state index is 12.3. The molecule has 0 spiro atoms. The summed E-state index contributed by atoms with van der Waals surface area (Å²) in [6.07, 6.45) is 0.680. The van der Waals surface area contributed by atoms with E-state index in [9.17, 15) is 13.6 Å². The van der Waals surface area contributed by atoms with Crippen LogP contribution in [0.1, 0.15) is 11.1 Å². The van der Waals surface area contributed by atoms with Crippen LogP contribution >= 0.6 is 11.6 Å². The summed E-state index contributed by atoms with van der Waals surface area (Å²) in [6, 6.07) is 21.5. The summed E-state index contributed by atoms with van der Waals surface area (Å²) in [5.41, 5.74) is 2.44. The standard InChI is InChI=1S/C22H18ClF2NO3/c23-18-13-17(10-11-20(18)29-22(24)25)26-21(27)14-28-19-9-5-4-8-16(19)12-15-6-2-1-3-7-15/h1-11,13,22H,12,14H2,(H,26,27). The molecule has 150 valence electrons. The van der Waals surface area contributed by atoms with Crippen molar-refractivity contribution in [3.05, 3.63) is 88.9 Å². The van der Waals surface area contributed by atoms with E-state index in [2.05, 4.69) is 10.1 Å². The Morgan fingerprint density at radius 1 is 0.966 bits per heavy atom. The van der Waals surface area contributed by atoms with Crippen LogP contribution in [0.4, 0.5) is 14.5 Å². The first-order chi connectivity index (χ1) is 14.0. The Morgan fingerprint density at radius 2 is 1.69 bits per heavy atom. The molecule has 0 heterocycles. The predicted molar refractivity (Wildman–Crippen MR) is 108 cm³/mol. The van der Waals surface area contributed by atoms with Crippen molar-refractivity contribution in [3.63, 3.8) is 0 Å². The van der Waals surface area contributed by atoms with Crippen LogP contribution in [0, 0.1) is 0 Å². The zero-order valence-electron chi connectivity index (χ0n) is 15.3. The van der Waals surface area contributed by atoms with Crippen LogP contribution in [0.5, 0.6) is 11.5 Å². The van der Waals surface area contributed by atoms with Crippen LogP contribution < -0.4 is 14.8 Å². The molecular formula is C22H18ClF2NO3. The SMILES string of the molecule is O=C(COc1ccccc1Cc1ccccc1)Nc1ccc(OC(F)F)c(Cl)c1. The van der Waals surface area contributed by atoms with E-state index in [-0.39, 0.29) is 17.4 Å². The van der Waals surface area contributed by atoms with Crippen LogP contribution in [0.15, 0.2) is 72.8 Å². The van der Waals surface area contributed by atoms with Crippen molar-refractivity contribution in [2.75, 3.05) is 11.9 Å². The largest absolute Gasteiger partial charge is 0.483 e. The van der Waals surface area contributed by atoms with E-state index in [1.807, 2.05) is 48.5 Å². The smallest absolute Gasteiger partial charge is 0.387 e. The maximum absolute atomic E-state index is 12.3. The molecule has 0 aliphatic heterocycles. The summed E-state index contributed by atoms with van der Waals surface area (Å²) in [4.78, 5) is 12.2. The maximum Gasteiger partial charge on any atom is 0.387 e. The monoisotopic (exact) mass is 417 g/mol. The fraction of sp³-hybridized carbons (Fsp3) is 0.136. The minimum absolute atomic E-state index is 0.0303. The van der Waals surface area contributed by atoms with Crippen molar-refractivity contribution in [1.82, 2.24) is 0 Å². The zero-order chi connectivity index (χ0) is 20.6. The molecule has 29 heavy (non-hydrogen) atoms. The van der Waals surface area contributed by atoms with Gasteiger partial charge in [-0.2, -0.15) is 8.78 Å². The molecule has 0 aliphatic carbocycles. The van der Waals surface area contributed by atoms with Crippen LogP contribution in [0.3, 0.4) is 0 Å². The highest BCUT2D eigenvalue weighted by Crippen LogP contribution is 2.29. The summed E-state index contributed by atoms with van der Waals surface area (Å²) < 4.78 is 34.5. The molecule has 7 heteroatoms. The number of hydrogen-bond donors (Lipinski definition) is 1. The second-order valence-electron chi connectivity index (χ2n) is 6.13. The number of amides is 1. The van der Waals surface area contributed by atoms with Gasteiger partial charge in [-0.25, -0.2) is 0 Å². The Hall–Kier alpha value is -3.12. The van der Waals surface area contributed by atoms with Gasteiger partial charge in [0.25, 0.3) is 5.91 Å². The van der Waals surface area contributed by atoms with Gasteiger partial charge in [0.1, 0.15) is 11.5 Å². The number of carbonyl (C=O) groups excluding carboxylic acids is 1. The molecule has 3 aromatic carbocycles. The van der Waals surface area contributed by atoms with E-state index in [0.717, 1.165) is 11.1 Å². The third-order valence-electron chi connectivity index (χ3n) is 4.00. The molecular weight excluding hydrogens is 400 g/mol. The van der Waals surface area contributed by atoms with Gasteiger partial charge in [0, 0.05) is 12.1 Å². The highest BCUT2D eigenvalue weighted by Gasteiger charge is 2.11. The quantitative estimate of drug-likeness (QED) is 0.522. The molecule has 0 atom stereocenters. The van der Waals surface area contributed by atoms with Crippen molar-refractivity contribution in [1.29, 1.82) is 0 Å². The normalized spacial score (nSPS) is 10.6. The van der Waals surface area contributed by atoms with E-state index >= 15 is 0 Å². The Balaban J connectivity index is 1.59. The van der Waals surface area contributed by atoms with Crippen molar-refractivity contribution < 1.29 is 23.0 Å². The topological polar surface area (TPSA) is 47.6 Å². The summed E-state index contributed by atoms with van der Waals surface area (Å²) in [5, 5.41) is 2.58. The molecule has 4 nitrogen and oxygen atoms in total. The number of para-hydroxylation sites is 1. The van der Waals surface area contributed by atoms with Gasteiger partial charge in [-0.3, -0.25) is 4.79 Å². The molecule has 0 saturated carbocycles. The number of hydrogen-bond acceptors (Lipinski definition) is 3. The first-order valence-electron chi connectivity index (χ1n) is 8.80. The Kier molecular flexibility index (Phi) is 7.03. The first-order valence-corrected chi connectivity index (χ1v) is 9.18. The Labute approximate surface area is 172 Å². The summed E-state index contributed by atoms with van der Waals surface area (Å²) in [5.74, 6) is 0.0501. The molecule has 0 aliphatic rings. The molecule has 0 bridgehead atoms. The fourth-order valence-electron chi connectivity index (χ4n) is 2.72. The third kappa shape index (κ3) is 6.19. The van der Waals surface area contributed by atoms with Crippen molar-refractivity contribution in [2.24, 2.45) is 0 Å². The molecule has 0 unspecified atom stereocenters. The third-order valence-corrected chi connectivity index (χ3v) is 4.30. The fourth-order valence-corrected chi connectivity index (χ4v) is 2.94. The Bertz CT molecular complexity index is 967. The van der Waals surface area contributed by atoms with Crippen molar-refractivity contribution >= 4 is 23.2 Å². The van der Waals surface area contributed by atoms with Crippen LogP contribution in [0.2, 0.25) is 5.02 Å². The molecule has 3 aromatic rings. The van der Waals surface area contributed by atoms with Gasteiger partial charge >= 0.3 is 6.61 Å². The van der Waals surface area contributed by atoms with Crippen molar-refractivity contribution in [2.45, 2.75) is 13.0 Å². The number of benzene rings is 3. The predicted octanol–water partition coefficient (Wildman–Crippen LogP) is 5.55. The zero-order valence-corrected chi connectivity index (χ0v) is 16.0. The molecule has 0 radical (unpaired) electrons. The summed E-state index contributed by atoms with van der Waals surface area (Å²) in [7, 11) is 0. The molecule has 0 fully saturated rings. The average molecular weight is 418 g/mol. The lowest BCUT2D eigenvalue weighted by atomic mass is 10.0. The van der Waals surface area contributed by atoms with Gasteiger partial charge in [-0.15, -0.1) is 0 Å². The van der Waals surface area contributed by atoms with Gasteiger partial charge in [0.05, 0.1) is 5.02 Å². The second kappa shape index (κ2) is 9.89. The van der Waals surface area contributed by atoms with E-state index in [4.69, 9.17) is 16.3 Å². The van der Waals surface area contributed by atoms with Crippen LogP contribution in [-0.4, -0.2) is 19.1 Å².